The fourth-order valence-electron chi connectivity index (χ4n) is 2.34. The number of aromatic nitrogens is 1. The minimum atomic E-state index is 0.306. The summed E-state index contributed by atoms with van der Waals surface area (Å²) in [7, 11) is 0. The fourth-order valence-corrected chi connectivity index (χ4v) is 2.34. The maximum Gasteiger partial charge on any atom is 0.0431 e. The molecule has 0 saturated carbocycles. The Labute approximate surface area is 90.8 Å². The van der Waals surface area contributed by atoms with Crippen LogP contribution < -0.4 is 4.90 Å². The molecule has 0 aliphatic carbocycles. The van der Waals surface area contributed by atoms with Gasteiger partial charge >= 0.3 is 0 Å². The van der Waals surface area contributed by atoms with Gasteiger partial charge in [-0.15, -0.1) is 0 Å². The van der Waals surface area contributed by atoms with Crippen LogP contribution in [0.4, 0.5) is 5.69 Å². The second kappa shape index (κ2) is 5.12. The molecule has 1 aliphatic rings. The molecule has 1 atom stereocenters. The third kappa shape index (κ3) is 2.48. The van der Waals surface area contributed by atoms with E-state index in [2.05, 4.69) is 22.0 Å². The minimum Gasteiger partial charge on any atom is -0.396 e. The fraction of sp³-hybridized carbons (Fsp3) is 0.583. The monoisotopic (exact) mass is 206 g/mol. The Balaban J connectivity index is 2.01. The van der Waals surface area contributed by atoms with Gasteiger partial charge in [-0.3, -0.25) is 4.98 Å². The summed E-state index contributed by atoms with van der Waals surface area (Å²) in [5.74, 6) is 0. The molecule has 1 aromatic rings. The van der Waals surface area contributed by atoms with Crippen molar-refractivity contribution < 1.29 is 5.11 Å². The Hall–Kier alpha value is -1.09. The minimum absolute atomic E-state index is 0.306. The van der Waals surface area contributed by atoms with Crippen LogP contribution in [0.5, 0.6) is 0 Å². The van der Waals surface area contributed by atoms with E-state index in [0.29, 0.717) is 12.6 Å². The van der Waals surface area contributed by atoms with Crippen LogP contribution in [0, 0.1) is 0 Å². The van der Waals surface area contributed by atoms with E-state index in [4.69, 9.17) is 5.11 Å². The average molecular weight is 206 g/mol. The average Bonchev–Trinajstić information content (AvgIpc) is 2.75. The number of anilines is 1. The molecule has 1 saturated heterocycles. The lowest BCUT2D eigenvalue weighted by molar-refractivity contribution is 0.279. The Morgan fingerprint density at radius 3 is 2.93 bits per heavy atom. The van der Waals surface area contributed by atoms with Crippen molar-refractivity contribution in [1.29, 1.82) is 0 Å². The Kier molecular flexibility index (Phi) is 3.56. The van der Waals surface area contributed by atoms with E-state index in [9.17, 15) is 0 Å². The first-order chi connectivity index (χ1) is 7.42. The van der Waals surface area contributed by atoms with Crippen LogP contribution in [0.2, 0.25) is 0 Å². The Bertz CT molecular complexity index is 289. The van der Waals surface area contributed by atoms with Gasteiger partial charge in [0.15, 0.2) is 0 Å². The molecule has 1 aromatic heterocycles. The number of hydrogen-bond acceptors (Lipinski definition) is 3. The molecule has 82 valence electrons. The molecule has 1 aliphatic heterocycles. The highest BCUT2D eigenvalue weighted by molar-refractivity contribution is 5.46. The molecule has 2 heterocycles. The summed E-state index contributed by atoms with van der Waals surface area (Å²) in [6, 6.07) is 4.74. The van der Waals surface area contributed by atoms with Crippen LogP contribution in [0.15, 0.2) is 24.5 Å². The van der Waals surface area contributed by atoms with Gasteiger partial charge < -0.3 is 10.0 Å². The van der Waals surface area contributed by atoms with E-state index >= 15 is 0 Å². The summed E-state index contributed by atoms with van der Waals surface area (Å²) in [5, 5.41) is 8.85. The molecular weight excluding hydrogens is 188 g/mol. The molecular formula is C12H18N2O. The molecule has 0 spiro atoms. The molecule has 0 amide bonds. The maximum absolute atomic E-state index is 8.85. The number of nitrogens with zero attached hydrogens (tertiary/aromatic N) is 2. The van der Waals surface area contributed by atoms with E-state index < -0.39 is 0 Å². The summed E-state index contributed by atoms with van der Waals surface area (Å²) in [4.78, 5) is 6.48. The second-order valence-electron chi connectivity index (χ2n) is 4.06. The van der Waals surface area contributed by atoms with E-state index in [-0.39, 0.29) is 0 Å². The zero-order chi connectivity index (χ0) is 10.5. The molecule has 0 bridgehead atoms. The van der Waals surface area contributed by atoms with E-state index in [0.717, 1.165) is 19.4 Å². The molecule has 15 heavy (non-hydrogen) atoms. The van der Waals surface area contributed by atoms with Crippen molar-refractivity contribution in [3.05, 3.63) is 24.5 Å². The van der Waals surface area contributed by atoms with Gasteiger partial charge in [0.25, 0.3) is 0 Å². The highest BCUT2D eigenvalue weighted by Gasteiger charge is 2.23. The standard InChI is InChI=1S/C12H18N2O/c15-10-2-4-11-3-1-9-14(11)12-5-7-13-8-6-12/h5-8,11,15H,1-4,9-10H2. The number of rotatable bonds is 4. The van der Waals surface area contributed by atoms with Crippen LogP contribution in [-0.4, -0.2) is 29.3 Å². The molecule has 3 nitrogen and oxygen atoms in total. The number of hydrogen-bond donors (Lipinski definition) is 1. The van der Waals surface area contributed by atoms with Gasteiger partial charge in [0.2, 0.25) is 0 Å². The number of pyridine rings is 1. The lowest BCUT2D eigenvalue weighted by Crippen LogP contribution is -2.29. The Morgan fingerprint density at radius 2 is 2.20 bits per heavy atom. The first kappa shape index (κ1) is 10.4. The quantitative estimate of drug-likeness (QED) is 0.816. The summed E-state index contributed by atoms with van der Waals surface area (Å²) >= 11 is 0. The molecule has 0 aromatic carbocycles. The van der Waals surface area contributed by atoms with E-state index in [1.165, 1.54) is 18.5 Å². The van der Waals surface area contributed by atoms with Crippen molar-refractivity contribution in [2.45, 2.75) is 31.7 Å². The lowest BCUT2D eigenvalue weighted by atomic mass is 10.1. The molecule has 1 N–H and O–H groups in total. The van der Waals surface area contributed by atoms with Crippen LogP contribution in [0.25, 0.3) is 0 Å². The first-order valence-corrected chi connectivity index (χ1v) is 5.69. The van der Waals surface area contributed by atoms with Crippen LogP contribution >= 0.6 is 0 Å². The topological polar surface area (TPSA) is 36.4 Å². The summed E-state index contributed by atoms with van der Waals surface area (Å²) in [6.45, 7) is 1.45. The maximum atomic E-state index is 8.85. The zero-order valence-electron chi connectivity index (χ0n) is 8.97. The number of aliphatic hydroxyl groups excluding tert-OH is 1. The SMILES string of the molecule is OCCCC1CCCN1c1ccncc1. The summed E-state index contributed by atoms with van der Waals surface area (Å²) < 4.78 is 0. The normalized spacial score (nSPS) is 20.9. The predicted octanol–water partition coefficient (Wildman–Crippen LogP) is 1.82. The summed E-state index contributed by atoms with van der Waals surface area (Å²) in [6.07, 6.45) is 8.21. The molecule has 0 radical (unpaired) electrons. The van der Waals surface area contributed by atoms with Gasteiger partial charge in [-0.25, -0.2) is 0 Å². The lowest BCUT2D eigenvalue weighted by Gasteiger charge is -2.26. The van der Waals surface area contributed by atoms with Gasteiger partial charge in [0.1, 0.15) is 0 Å². The predicted molar refractivity (Wildman–Crippen MR) is 60.9 cm³/mol. The Morgan fingerprint density at radius 1 is 1.40 bits per heavy atom. The van der Waals surface area contributed by atoms with E-state index in [1.54, 1.807) is 0 Å². The van der Waals surface area contributed by atoms with Gasteiger partial charge in [0.05, 0.1) is 0 Å². The molecule has 1 unspecified atom stereocenters. The van der Waals surface area contributed by atoms with Crippen LogP contribution in [0.3, 0.4) is 0 Å². The number of aliphatic hydroxyl groups is 1. The second-order valence-corrected chi connectivity index (χ2v) is 4.06. The zero-order valence-corrected chi connectivity index (χ0v) is 8.97. The van der Waals surface area contributed by atoms with Crippen LogP contribution in [-0.2, 0) is 0 Å². The smallest absolute Gasteiger partial charge is 0.0431 e. The first-order valence-electron chi connectivity index (χ1n) is 5.69. The van der Waals surface area contributed by atoms with Crippen molar-refractivity contribution in [3.8, 4) is 0 Å². The van der Waals surface area contributed by atoms with Crippen molar-refractivity contribution in [2.24, 2.45) is 0 Å². The molecule has 2 rings (SSSR count). The van der Waals surface area contributed by atoms with Crippen molar-refractivity contribution in [2.75, 3.05) is 18.1 Å². The van der Waals surface area contributed by atoms with Gasteiger partial charge in [-0.2, -0.15) is 0 Å². The largest absolute Gasteiger partial charge is 0.396 e. The molecule has 1 fully saturated rings. The van der Waals surface area contributed by atoms with Gasteiger partial charge in [0, 0.05) is 37.3 Å². The van der Waals surface area contributed by atoms with Crippen molar-refractivity contribution >= 4 is 5.69 Å². The highest BCUT2D eigenvalue weighted by Crippen LogP contribution is 2.27. The van der Waals surface area contributed by atoms with E-state index in [1.807, 2.05) is 12.4 Å². The van der Waals surface area contributed by atoms with Crippen LogP contribution in [0.1, 0.15) is 25.7 Å². The highest BCUT2D eigenvalue weighted by atomic mass is 16.2. The third-order valence-electron chi connectivity index (χ3n) is 3.07. The van der Waals surface area contributed by atoms with Crippen molar-refractivity contribution in [1.82, 2.24) is 4.98 Å². The van der Waals surface area contributed by atoms with Crippen molar-refractivity contribution in [3.63, 3.8) is 0 Å². The molecule has 3 heteroatoms. The van der Waals surface area contributed by atoms with Gasteiger partial charge in [-0.05, 0) is 37.8 Å². The summed E-state index contributed by atoms with van der Waals surface area (Å²) in [5.41, 5.74) is 1.27. The van der Waals surface area contributed by atoms with Gasteiger partial charge in [-0.1, -0.05) is 0 Å². The third-order valence-corrected chi connectivity index (χ3v) is 3.07.